The predicted octanol–water partition coefficient (Wildman–Crippen LogP) is 0.400. The van der Waals surface area contributed by atoms with Gasteiger partial charge in [0.2, 0.25) is 10.0 Å². The third-order valence-corrected chi connectivity index (χ3v) is 4.40. The van der Waals surface area contributed by atoms with Crippen LogP contribution in [0.25, 0.3) is 0 Å². The second kappa shape index (κ2) is 7.56. The highest BCUT2D eigenvalue weighted by Gasteiger charge is 2.19. The molecule has 0 bridgehead atoms. The molecule has 19 heavy (non-hydrogen) atoms. The molecule has 0 rings (SSSR count). The largest absolute Gasteiger partial charge is 0.374 e. The van der Waals surface area contributed by atoms with Crippen LogP contribution in [0.2, 0.25) is 0 Å². The van der Waals surface area contributed by atoms with E-state index in [4.69, 9.17) is 4.74 Å². The number of rotatable bonds is 9. The van der Waals surface area contributed by atoms with E-state index in [0.29, 0.717) is 0 Å². The predicted molar refractivity (Wildman–Crippen MR) is 76.3 cm³/mol. The van der Waals surface area contributed by atoms with Crippen LogP contribution in [0.15, 0.2) is 0 Å². The standard InChI is InChI=1S/C11H25NO5S2/c1-9(2)10(3)17-11(6-7-18(4,13)14)8-12-19(5,15)16/h9-12H,6-8H2,1-5H3/t10-,11-/m0/s1. The van der Waals surface area contributed by atoms with Gasteiger partial charge in [-0.1, -0.05) is 13.8 Å². The molecular formula is C11H25NO5S2. The molecule has 0 saturated heterocycles. The van der Waals surface area contributed by atoms with Crippen LogP contribution in [0.4, 0.5) is 0 Å². The van der Waals surface area contributed by atoms with Crippen molar-refractivity contribution in [1.29, 1.82) is 0 Å². The number of hydrogen-bond donors (Lipinski definition) is 1. The van der Waals surface area contributed by atoms with E-state index in [0.717, 1.165) is 12.5 Å². The van der Waals surface area contributed by atoms with Crippen LogP contribution in [-0.4, -0.2) is 53.9 Å². The summed E-state index contributed by atoms with van der Waals surface area (Å²) < 4.78 is 52.5. The molecule has 0 radical (unpaired) electrons. The van der Waals surface area contributed by atoms with Crippen molar-refractivity contribution in [3.05, 3.63) is 0 Å². The van der Waals surface area contributed by atoms with Gasteiger partial charge in [0.15, 0.2) is 0 Å². The van der Waals surface area contributed by atoms with Gasteiger partial charge in [0.05, 0.1) is 24.2 Å². The summed E-state index contributed by atoms with van der Waals surface area (Å²) in [6, 6.07) is 0. The first-order chi connectivity index (χ1) is 8.41. The number of sulfonamides is 1. The van der Waals surface area contributed by atoms with Crippen molar-refractivity contribution in [1.82, 2.24) is 4.72 Å². The number of ether oxygens (including phenoxy) is 1. The zero-order chi connectivity index (χ0) is 15.3. The highest BCUT2D eigenvalue weighted by atomic mass is 32.2. The fourth-order valence-electron chi connectivity index (χ4n) is 1.27. The Kier molecular flexibility index (Phi) is 7.49. The molecule has 0 spiro atoms. The summed E-state index contributed by atoms with van der Waals surface area (Å²) in [5, 5.41) is 0. The van der Waals surface area contributed by atoms with Gasteiger partial charge < -0.3 is 4.74 Å². The highest BCUT2D eigenvalue weighted by Crippen LogP contribution is 2.11. The van der Waals surface area contributed by atoms with Crippen LogP contribution in [0.5, 0.6) is 0 Å². The number of nitrogens with one attached hydrogen (secondary N) is 1. The van der Waals surface area contributed by atoms with Crippen LogP contribution in [0, 0.1) is 5.92 Å². The van der Waals surface area contributed by atoms with Gasteiger partial charge in [-0.2, -0.15) is 0 Å². The Morgan fingerprint density at radius 1 is 1.05 bits per heavy atom. The lowest BCUT2D eigenvalue weighted by Gasteiger charge is -2.24. The molecule has 0 fully saturated rings. The maximum atomic E-state index is 11.2. The van der Waals surface area contributed by atoms with Gasteiger partial charge >= 0.3 is 0 Å². The van der Waals surface area contributed by atoms with Crippen molar-refractivity contribution in [3.8, 4) is 0 Å². The summed E-state index contributed by atoms with van der Waals surface area (Å²) in [6.45, 7) is 5.95. The van der Waals surface area contributed by atoms with E-state index in [1.165, 1.54) is 0 Å². The summed E-state index contributed by atoms with van der Waals surface area (Å²) in [7, 11) is -6.39. The van der Waals surface area contributed by atoms with Gasteiger partial charge in [-0.25, -0.2) is 21.6 Å². The molecule has 0 saturated carbocycles. The lowest BCUT2D eigenvalue weighted by molar-refractivity contribution is -0.0230. The van der Waals surface area contributed by atoms with Gasteiger partial charge in [-0.15, -0.1) is 0 Å². The summed E-state index contributed by atoms with van der Waals surface area (Å²) in [5.74, 6) is 0.257. The van der Waals surface area contributed by atoms with Crippen molar-refractivity contribution < 1.29 is 21.6 Å². The SMILES string of the molecule is CC(C)[C@H](C)O[C@@H](CCS(C)(=O)=O)CNS(C)(=O)=O. The highest BCUT2D eigenvalue weighted by molar-refractivity contribution is 7.90. The summed E-state index contributed by atoms with van der Waals surface area (Å²) >= 11 is 0. The molecule has 8 heteroatoms. The Labute approximate surface area is 116 Å². The first kappa shape index (κ1) is 18.8. The molecule has 6 nitrogen and oxygen atoms in total. The Morgan fingerprint density at radius 3 is 1.95 bits per heavy atom. The van der Waals surface area contributed by atoms with Crippen molar-refractivity contribution in [3.63, 3.8) is 0 Å². The number of hydrogen-bond acceptors (Lipinski definition) is 5. The van der Waals surface area contributed by atoms with Gasteiger partial charge in [0.25, 0.3) is 0 Å². The third-order valence-electron chi connectivity index (χ3n) is 2.73. The summed E-state index contributed by atoms with van der Waals surface area (Å²) in [6.07, 6.45) is 1.98. The zero-order valence-corrected chi connectivity index (χ0v) is 13.8. The lowest BCUT2D eigenvalue weighted by atomic mass is 10.1. The molecular weight excluding hydrogens is 290 g/mol. The molecule has 0 aliphatic heterocycles. The molecule has 0 aromatic rings. The summed E-state index contributed by atoms with van der Waals surface area (Å²) in [4.78, 5) is 0. The van der Waals surface area contributed by atoms with Gasteiger partial charge in [-0.05, 0) is 19.3 Å². The number of sulfone groups is 1. The second-order valence-electron chi connectivity index (χ2n) is 5.25. The van der Waals surface area contributed by atoms with Gasteiger partial charge in [0.1, 0.15) is 9.84 Å². The fourth-order valence-corrected chi connectivity index (χ4v) is 2.45. The maximum absolute atomic E-state index is 11.2. The van der Waals surface area contributed by atoms with Crippen molar-refractivity contribution in [2.45, 2.75) is 39.4 Å². The molecule has 0 aliphatic rings. The van der Waals surface area contributed by atoms with Crippen LogP contribution < -0.4 is 4.72 Å². The van der Waals surface area contributed by atoms with E-state index in [1.807, 2.05) is 20.8 Å². The Hall–Kier alpha value is -0.180. The minimum absolute atomic E-state index is 0.0199. The van der Waals surface area contributed by atoms with Crippen LogP contribution in [0.1, 0.15) is 27.2 Å². The smallest absolute Gasteiger partial charge is 0.208 e. The Morgan fingerprint density at radius 2 is 1.58 bits per heavy atom. The van der Waals surface area contributed by atoms with Crippen molar-refractivity contribution in [2.75, 3.05) is 24.8 Å². The van der Waals surface area contributed by atoms with E-state index >= 15 is 0 Å². The van der Waals surface area contributed by atoms with Crippen LogP contribution >= 0.6 is 0 Å². The van der Waals surface area contributed by atoms with E-state index in [9.17, 15) is 16.8 Å². The minimum atomic E-state index is -3.31. The quantitative estimate of drug-likeness (QED) is 0.665. The molecule has 0 unspecified atom stereocenters. The van der Waals surface area contributed by atoms with Crippen LogP contribution in [-0.2, 0) is 24.6 Å². The first-order valence-corrected chi connectivity index (χ1v) is 10.1. The van der Waals surface area contributed by atoms with E-state index in [2.05, 4.69) is 4.72 Å². The zero-order valence-electron chi connectivity index (χ0n) is 12.2. The molecule has 0 aromatic carbocycles. The Balaban J connectivity index is 4.55. The van der Waals surface area contributed by atoms with Gasteiger partial charge in [-0.3, -0.25) is 0 Å². The first-order valence-electron chi connectivity index (χ1n) is 6.18. The molecule has 116 valence electrons. The molecule has 0 heterocycles. The molecule has 0 aromatic heterocycles. The van der Waals surface area contributed by atoms with Crippen molar-refractivity contribution >= 4 is 19.9 Å². The van der Waals surface area contributed by atoms with Gasteiger partial charge in [0, 0.05) is 12.8 Å². The van der Waals surface area contributed by atoms with E-state index < -0.39 is 26.0 Å². The molecule has 0 aliphatic carbocycles. The van der Waals surface area contributed by atoms with Crippen LogP contribution in [0.3, 0.4) is 0 Å². The average Bonchev–Trinajstić information content (AvgIpc) is 2.19. The molecule has 0 amide bonds. The molecule has 1 N–H and O–H groups in total. The fraction of sp³-hybridized carbons (Fsp3) is 1.00. The monoisotopic (exact) mass is 315 g/mol. The normalized spacial score (nSPS) is 16.5. The lowest BCUT2D eigenvalue weighted by Crippen LogP contribution is -2.37. The minimum Gasteiger partial charge on any atom is -0.374 e. The maximum Gasteiger partial charge on any atom is 0.208 e. The topological polar surface area (TPSA) is 89.5 Å². The average molecular weight is 315 g/mol. The second-order valence-corrected chi connectivity index (χ2v) is 9.34. The Bertz CT molecular complexity index is 419. The third kappa shape index (κ3) is 11.4. The summed E-state index contributed by atoms with van der Waals surface area (Å²) in [5.41, 5.74) is 0. The van der Waals surface area contributed by atoms with Crippen molar-refractivity contribution in [2.24, 2.45) is 5.92 Å². The molecule has 2 atom stereocenters. The van der Waals surface area contributed by atoms with E-state index in [-0.39, 0.29) is 30.7 Å². The van der Waals surface area contributed by atoms with E-state index in [1.54, 1.807) is 0 Å².